The molecule has 0 saturated carbocycles. The summed E-state index contributed by atoms with van der Waals surface area (Å²) in [6.07, 6.45) is 4.71. The minimum Gasteiger partial charge on any atom is -0.448 e. The minimum absolute atomic E-state index is 0.219. The molecule has 0 unspecified atom stereocenters. The van der Waals surface area contributed by atoms with Crippen LogP contribution in [0.25, 0.3) is 17.0 Å². The number of carbonyl (C=O) groups is 2. The van der Waals surface area contributed by atoms with Gasteiger partial charge in [-0.05, 0) is 29.8 Å². The summed E-state index contributed by atoms with van der Waals surface area (Å²) in [6.45, 7) is 1.54. The maximum absolute atomic E-state index is 12.2. The highest BCUT2D eigenvalue weighted by atomic mass is 16.6. The number of pyridine rings is 1. The van der Waals surface area contributed by atoms with E-state index >= 15 is 0 Å². The fourth-order valence-corrected chi connectivity index (χ4v) is 3.09. The lowest BCUT2D eigenvalue weighted by molar-refractivity contribution is -0.111. The van der Waals surface area contributed by atoms with Crippen molar-refractivity contribution in [3.05, 3.63) is 78.0 Å². The Morgan fingerprint density at radius 2 is 1.96 bits per heavy atom. The van der Waals surface area contributed by atoms with E-state index in [4.69, 9.17) is 4.74 Å². The summed E-state index contributed by atoms with van der Waals surface area (Å²) in [7, 11) is 0. The Morgan fingerprint density at radius 1 is 1.14 bits per heavy atom. The Kier molecular flexibility index (Phi) is 5.01. The number of anilines is 1. The predicted octanol–water partition coefficient (Wildman–Crippen LogP) is 3.84. The minimum atomic E-state index is -0.287. The van der Waals surface area contributed by atoms with Gasteiger partial charge in [-0.2, -0.15) is 0 Å². The normalized spacial score (nSPS) is 13.9. The SMILES string of the molecule is O=C(/C=C/c1cccc2cccnc12)Nc1ccc(CN2CCOC2=O)cc1. The van der Waals surface area contributed by atoms with Gasteiger partial charge in [0, 0.05) is 35.5 Å². The number of ether oxygens (including phenoxy) is 1. The van der Waals surface area contributed by atoms with Crippen LogP contribution in [0.1, 0.15) is 11.1 Å². The maximum Gasteiger partial charge on any atom is 0.410 e. The van der Waals surface area contributed by atoms with Crippen LogP contribution in [0, 0.1) is 0 Å². The monoisotopic (exact) mass is 373 g/mol. The maximum atomic E-state index is 12.2. The Hall–Kier alpha value is -3.67. The third-order valence-electron chi connectivity index (χ3n) is 4.52. The molecule has 2 heterocycles. The van der Waals surface area contributed by atoms with Gasteiger partial charge in [-0.25, -0.2) is 4.79 Å². The first-order valence-electron chi connectivity index (χ1n) is 9.02. The lowest BCUT2D eigenvalue weighted by Crippen LogP contribution is -2.23. The highest BCUT2D eigenvalue weighted by Crippen LogP contribution is 2.18. The quantitative estimate of drug-likeness (QED) is 0.690. The number of hydrogen-bond donors (Lipinski definition) is 1. The predicted molar refractivity (Wildman–Crippen MR) is 108 cm³/mol. The molecule has 6 nitrogen and oxygen atoms in total. The molecule has 0 bridgehead atoms. The van der Waals surface area contributed by atoms with Crippen molar-refractivity contribution in [2.24, 2.45) is 0 Å². The van der Waals surface area contributed by atoms with Gasteiger partial charge in [0.05, 0.1) is 12.1 Å². The van der Waals surface area contributed by atoms with Gasteiger partial charge in [-0.3, -0.25) is 9.78 Å². The van der Waals surface area contributed by atoms with Crippen LogP contribution in [0.15, 0.2) is 66.9 Å². The van der Waals surface area contributed by atoms with Crippen LogP contribution in [0.4, 0.5) is 10.5 Å². The number of nitrogens with one attached hydrogen (secondary N) is 1. The molecule has 0 aliphatic carbocycles. The number of para-hydroxylation sites is 1. The fourth-order valence-electron chi connectivity index (χ4n) is 3.09. The highest BCUT2D eigenvalue weighted by molar-refractivity contribution is 6.03. The molecule has 0 spiro atoms. The molecular weight excluding hydrogens is 354 g/mol. The third kappa shape index (κ3) is 4.01. The van der Waals surface area contributed by atoms with Crippen molar-refractivity contribution < 1.29 is 14.3 Å². The number of amides is 2. The first kappa shape index (κ1) is 17.7. The van der Waals surface area contributed by atoms with Gasteiger partial charge in [0.25, 0.3) is 0 Å². The summed E-state index contributed by atoms with van der Waals surface area (Å²) in [5.41, 5.74) is 3.42. The molecule has 1 aliphatic rings. The van der Waals surface area contributed by atoms with Crippen molar-refractivity contribution in [2.45, 2.75) is 6.54 Å². The van der Waals surface area contributed by atoms with Crippen LogP contribution in [0.5, 0.6) is 0 Å². The molecule has 1 N–H and O–H groups in total. The number of benzene rings is 2. The van der Waals surface area contributed by atoms with Gasteiger partial charge >= 0.3 is 6.09 Å². The molecule has 3 aromatic rings. The van der Waals surface area contributed by atoms with Gasteiger partial charge in [0.15, 0.2) is 0 Å². The van der Waals surface area contributed by atoms with E-state index in [1.807, 2.05) is 54.6 Å². The van der Waals surface area contributed by atoms with Gasteiger partial charge in [0.1, 0.15) is 6.61 Å². The summed E-state index contributed by atoms with van der Waals surface area (Å²) in [4.78, 5) is 29.8. The van der Waals surface area contributed by atoms with Gasteiger partial charge in [0.2, 0.25) is 5.91 Å². The van der Waals surface area contributed by atoms with Crippen molar-refractivity contribution in [3.8, 4) is 0 Å². The lowest BCUT2D eigenvalue weighted by atomic mass is 10.1. The summed E-state index contributed by atoms with van der Waals surface area (Å²) in [5.74, 6) is -0.219. The van der Waals surface area contributed by atoms with Crippen molar-refractivity contribution in [1.82, 2.24) is 9.88 Å². The second-order valence-electron chi connectivity index (χ2n) is 6.48. The van der Waals surface area contributed by atoms with Crippen molar-refractivity contribution in [1.29, 1.82) is 0 Å². The number of nitrogens with zero attached hydrogens (tertiary/aromatic N) is 2. The van der Waals surface area contributed by atoms with Crippen molar-refractivity contribution in [2.75, 3.05) is 18.5 Å². The second kappa shape index (κ2) is 7.92. The van der Waals surface area contributed by atoms with Gasteiger partial charge in [-0.1, -0.05) is 36.4 Å². The van der Waals surface area contributed by atoms with E-state index in [0.717, 1.165) is 22.0 Å². The number of rotatable bonds is 5. The van der Waals surface area contributed by atoms with Gasteiger partial charge < -0.3 is 15.0 Å². The summed E-state index contributed by atoms with van der Waals surface area (Å²) < 4.78 is 4.92. The van der Waals surface area contributed by atoms with E-state index in [2.05, 4.69) is 10.3 Å². The molecule has 0 radical (unpaired) electrons. The number of hydrogen-bond acceptors (Lipinski definition) is 4. The Labute approximate surface area is 162 Å². The first-order chi connectivity index (χ1) is 13.7. The lowest BCUT2D eigenvalue weighted by Gasteiger charge is -2.12. The number of carbonyl (C=O) groups excluding carboxylic acids is 2. The van der Waals surface area contributed by atoms with E-state index in [9.17, 15) is 9.59 Å². The van der Waals surface area contributed by atoms with Crippen molar-refractivity contribution in [3.63, 3.8) is 0 Å². The Balaban J connectivity index is 1.39. The molecule has 1 fully saturated rings. The molecule has 6 heteroatoms. The van der Waals surface area contributed by atoms with E-state index in [1.165, 1.54) is 6.08 Å². The molecule has 28 heavy (non-hydrogen) atoms. The Morgan fingerprint density at radius 3 is 2.75 bits per heavy atom. The van der Waals surface area contributed by atoms with Crippen LogP contribution in [-0.4, -0.2) is 35.0 Å². The van der Waals surface area contributed by atoms with E-state index in [-0.39, 0.29) is 12.0 Å². The van der Waals surface area contributed by atoms with Crippen LogP contribution < -0.4 is 5.32 Å². The molecule has 140 valence electrons. The zero-order valence-corrected chi connectivity index (χ0v) is 15.2. The molecule has 1 aliphatic heterocycles. The van der Waals surface area contributed by atoms with Gasteiger partial charge in [-0.15, -0.1) is 0 Å². The molecule has 1 aromatic heterocycles. The molecule has 0 atom stereocenters. The zero-order chi connectivity index (χ0) is 19.3. The molecular formula is C22H19N3O3. The smallest absolute Gasteiger partial charge is 0.410 e. The van der Waals surface area contributed by atoms with Crippen LogP contribution >= 0.6 is 0 Å². The molecule has 4 rings (SSSR count). The van der Waals surface area contributed by atoms with Crippen LogP contribution in [-0.2, 0) is 16.1 Å². The largest absolute Gasteiger partial charge is 0.448 e. The van der Waals surface area contributed by atoms with E-state index in [1.54, 1.807) is 17.2 Å². The summed E-state index contributed by atoms with van der Waals surface area (Å²) in [6, 6.07) is 17.2. The highest BCUT2D eigenvalue weighted by Gasteiger charge is 2.21. The second-order valence-corrected chi connectivity index (χ2v) is 6.48. The first-order valence-corrected chi connectivity index (χ1v) is 9.02. The van der Waals surface area contributed by atoms with Crippen molar-refractivity contribution >= 4 is 34.7 Å². The van der Waals surface area contributed by atoms with Crippen LogP contribution in [0.2, 0.25) is 0 Å². The number of fused-ring (bicyclic) bond motifs is 1. The molecule has 1 saturated heterocycles. The average Bonchev–Trinajstić information content (AvgIpc) is 3.12. The van der Waals surface area contributed by atoms with E-state index < -0.39 is 0 Å². The molecule has 2 aromatic carbocycles. The number of aromatic nitrogens is 1. The standard InChI is InChI=1S/C22H19N3O3/c26-20(11-8-18-4-1-3-17-5-2-12-23-21(17)18)24-19-9-6-16(7-10-19)15-25-13-14-28-22(25)27/h1-12H,13-15H2,(H,24,26)/b11-8+. The fraction of sp³-hybridized carbons (Fsp3) is 0.136. The third-order valence-corrected chi connectivity index (χ3v) is 4.52. The Bertz CT molecular complexity index is 1040. The van der Waals surface area contributed by atoms with Crippen LogP contribution in [0.3, 0.4) is 0 Å². The summed E-state index contributed by atoms with van der Waals surface area (Å²) >= 11 is 0. The topological polar surface area (TPSA) is 71.5 Å². The average molecular weight is 373 g/mol. The van der Waals surface area contributed by atoms with E-state index in [0.29, 0.717) is 25.4 Å². The zero-order valence-electron chi connectivity index (χ0n) is 15.2. The number of cyclic esters (lactones) is 1. The molecule has 2 amide bonds. The summed E-state index contributed by atoms with van der Waals surface area (Å²) in [5, 5.41) is 3.87.